The smallest absolute Gasteiger partial charge is 0.270 e. The molecule has 146 valence electrons. The predicted octanol–water partition coefficient (Wildman–Crippen LogP) is 2.65. The number of aromatic nitrogens is 1. The van der Waals surface area contributed by atoms with Crippen LogP contribution in [0.4, 0.5) is 0 Å². The van der Waals surface area contributed by atoms with Crippen molar-refractivity contribution in [2.75, 3.05) is 13.1 Å². The lowest BCUT2D eigenvalue weighted by Crippen LogP contribution is -2.29. The molecule has 0 aliphatic rings. The highest BCUT2D eigenvalue weighted by atomic mass is 32.1. The Labute approximate surface area is 168 Å². The third-order valence-corrected chi connectivity index (χ3v) is 5.11. The molecule has 0 aliphatic heterocycles. The minimum Gasteiger partial charge on any atom is -0.489 e. The second-order valence-electron chi connectivity index (χ2n) is 6.34. The van der Waals surface area contributed by atoms with Crippen LogP contribution in [0.15, 0.2) is 60.0 Å². The SMILES string of the molecule is NCCNC(=O)c1csc(C(N)Cc2ccc(OCc3ccccc3)cc2)n1. The number of thiazole rings is 1. The van der Waals surface area contributed by atoms with Gasteiger partial charge in [-0.2, -0.15) is 0 Å². The van der Waals surface area contributed by atoms with E-state index in [1.165, 1.54) is 11.3 Å². The number of ether oxygens (including phenoxy) is 1. The van der Waals surface area contributed by atoms with E-state index in [4.69, 9.17) is 16.2 Å². The van der Waals surface area contributed by atoms with Crippen molar-refractivity contribution in [2.45, 2.75) is 19.1 Å². The monoisotopic (exact) mass is 396 g/mol. The average Bonchev–Trinajstić information content (AvgIpc) is 3.23. The van der Waals surface area contributed by atoms with Crippen LogP contribution in [0.1, 0.15) is 32.7 Å². The van der Waals surface area contributed by atoms with E-state index < -0.39 is 0 Å². The molecule has 0 aliphatic carbocycles. The van der Waals surface area contributed by atoms with E-state index in [0.717, 1.165) is 21.9 Å². The van der Waals surface area contributed by atoms with Gasteiger partial charge in [-0.3, -0.25) is 4.79 Å². The zero-order chi connectivity index (χ0) is 19.8. The lowest BCUT2D eigenvalue weighted by atomic mass is 10.1. The summed E-state index contributed by atoms with van der Waals surface area (Å²) in [5, 5.41) is 5.17. The van der Waals surface area contributed by atoms with E-state index in [1.54, 1.807) is 5.38 Å². The molecule has 28 heavy (non-hydrogen) atoms. The summed E-state index contributed by atoms with van der Waals surface area (Å²) in [5.74, 6) is 0.592. The number of nitrogens with zero attached hydrogens (tertiary/aromatic N) is 1. The summed E-state index contributed by atoms with van der Waals surface area (Å²) in [6.45, 7) is 1.36. The molecule has 0 radical (unpaired) electrons. The molecule has 1 amide bonds. The Morgan fingerprint density at radius 1 is 1.11 bits per heavy atom. The second kappa shape index (κ2) is 9.98. The van der Waals surface area contributed by atoms with Gasteiger partial charge in [-0.1, -0.05) is 42.5 Å². The summed E-state index contributed by atoms with van der Waals surface area (Å²) in [6, 6.07) is 17.7. The van der Waals surface area contributed by atoms with Crippen molar-refractivity contribution >= 4 is 17.2 Å². The fraction of sp³-hybridized carbons (Fsp3) is 0.238. The van der Waals surface area contributed by atoms with Crippen molar-refractivity contribution in [3.05, 3.63) is 81.8 Å². The first kappa shape index (κ1) is 20.0. The van der Waals surface area contributed by atoms with Gasteiger partial charge >= 0.3 is 0 Å². The number of nitrogens with one attached hydrogen (secondary N) is 1. The molecule has 6 nitrogen and oxygen atoms in total. The molecule has 1 atom stereocenters. The van der Waals surface area contributed by atoms with Gasteiger partial charge in [0.1, 0.15) is 23.1 Å². The van der Waals surface area contributed by atoms with Crippen LogP contribution in [0.3, 0.4) is 0 Å². The Bertz CT molecular complexity index is 881. The Morgan fingerprint density at radius 2 is 1.86 bits per heavy atom. The number of hydrogen-bond acceptors (Lipinski definition) is 6. The van der Waals surface area contributed by atoms with E-state index in [0.29, 0.717) is 31.8 Å². The van der Waals surface area contributed by atoms with Gasteiger partial charge in [-0.05, 0) is 29.7 Å². The second-order valence-corrected chi connectivity index (χ2v) is 7.23. The molecule has 1 heterocycles. The normalized spacial score (nSPS) is 11.8. The summed E-state index contributed by atoms with van der Waals surface area (Å²) in [6.07, 6.45) is 0.635. The first-order valence-electron chi connectivity index (χ1n) is 9.10. The highest BCUT2D eigenvalue weighted by Gasteiger charge is 2.15. The predicted molar refractivity (Wildman–Crippen MR) is 111 cm³/mol. The molecule has 0 saturated carbocycles. The van der Waals surface area contributed by atoms with Gasteiger partial charge in [-0.15, -0.1) is 11.3 Å². The first-order valence-corrected chi connectivity index (χ1v) is 9.98. The van der Waals surface area contributed by atoms with E-state index >= 15 is 0 Å². The van der Waals surface area contributed by atoms with Crippen LogP contribution in [-0.2, 0) is 13.0 Å². The summed E-state index contributed by atoms with van der Waals surface area (Å²) >= 11 is 1.39. The molecule has 1 unspecified atom stereocenters. The van der Waals surface area contributed by atoms with E-state index in [9.17, 15) is 4.79 Å². The van der Waals surface area contributed by atoms with E-state index in [-0.39, 0.29) is 11.9 Å². The number of hydrogen-bond donors (Lipinski definition) is 3. The molecule has 0 fully saturated rings. The molecule has 0 saturated heterocycles. The fourth-order valence-corrected chi connectivity index (χ4v) is 3.44. The Hall–Kier alpha value is -2.74. The topological polar surface area (TPSA) is 103 Å². The van der Waals surface area contributed by atoms with Crippen LogP contribution in [0.2, 0.25) is 0 Å². The van der Waals surface area contributed by atoms with Gasteiger partial charge in [0, 0.05) is 18.5 Å². The largest absolute Gasteiger partial charge is 0.489 e. The maximum absolute atomic E-state index is 11.9. The van der Waals surface area contributed by atoms with Crippen LogP contribution in [0.25, 0.3) is 0 Å². The third kappa shape index (κ3) is 5.63. The molecule has 7 heteroatoms. The molecule has 0 bridgehead atoms. The van der Waals surface area contributed by atoms with Gasteiger partial charge < -0.3 is 21.5 Å². The minimum absolute atomic E-state index is 0.222. The Kier molecular flexibility index (Phi) is 7.13. The van der Waals surface area contributed by atoms with Crippen LogP contribution in [0.5, 0.6) is 5.75 Å². The van der Waals surface area contributed by atoms with E-state index in [1.807, 2.05) is 54.6 Å². The van der Waals surface area contributed by atoms with Crippen molar-refractivity contribution in [1.82, 2.24) is 10.3 Å². The molecule has 2 aromatic carbocycles. The lowest BCUT2D eigenvalue weighted by Gasteiger charge is -2.10. The summed E-state index contributed by atoms with van der Waals surface area (Å²) in [5.41, 5.74) is 14.3. The van der Waals surface area contributed by atoms with Crippen LogP contribution < -0.4 is 21.5 Å². The molecule has 3 rings (SSSR count). The number of rotatable bonds is 9. The van der Waals surface area contributed by atoms with E-state index in [2.05, 4.69) is 10.3 Å². The maximum Gasteiger partial charge on any atom is 0.270 e. The molecule has 5 N–H and O–H groups in total. The standard InChI is InChI=1S/C21H24N4O2S/c22-10-11-24-20(26)19-14-28-21(25-19)18(23)12-15-6-8-17(9-7-15)27-13-16-4-2-1-3-5-16/h1-9,14,18H,10-13,22-23H2,(H,24,26). The average molecular weight is 397 g/mol. The maximum atomic E-state index is 11.9. The zero-order valence-electron chi connectivity index (χ0n) is 15.5. The molecular weight excluding hydrogens is 372 g/mol. The molecule has 3 aromatic rings. The van der Waals surface area contributed by atoms with Crippen molar-refractivity contribution in [2.24, 2.45) is 11.5 Å². The van der Waals surface area contributed by atoms with Gasteiger partial charge in [0.15, 0.2) is 0 Å². The lowest BCUT2D eigenvalue weighted by molar-refractivity contribution is 0.0950. The summed E-state index contributed by atoms with van der Waals surface area (Å²) in [4.78, 5) is 16.3. The quantitative estimate of drug-likeness (QED) is 0.516. The highest BCUT2D eigenvalue weighted by Crippen LogP contribution is 2.22. The van der Waals surface area contributed by atoms with Gasteiger partial charge in [-0.25, -0.2) is 4.98 Å². The number of carbonyl (C=O) groups excluding carboxylic acids is 1. The van der Waals surface area contributed by atoms with Gasteiger partial charge in [0.2, 0.25) is 0 Å². The van der Waals surface area contributed by atoms with Crippen LogP contribution in [-0.4, -0.2) is 24.0 Å². The Morgan fingerprint density at radius 3 is 2.57 bits per heavy atom. The first-order chi connectivity index (χ1) is 13.7. The number of carbonyl (C=O) groups is 1. The zero-order valence-corrected chi connectivity index (χ0v) is 16.3. The van der Waals surface area contributed by atoms with Gasteiger partial charge in [0.05, 0.1) is 6.04 Å². The van der Waals surface area contributed by atoms with Crippen LogP contribution in [0, 0.1) is 0 Å². The van der Waals surface area contributed by atoms with Crippen LogP contribution >= 0.6 is 11.3 Å². The molecule has 1 aromatic heterocycles. The minimum atomic E-state index is -0.267. The number of nitrogens with two attached hydrogens (primary N) is 2. The number of benzene rings is 2. The van der Waals surface area contributed by atoms with Crippen molar-refractivity contribution in [3.8, 4) is 5.75 Å². The fourth-order valence-electron chi connectivity index (χ4n) is 2.64. The number of amides is 1. The Balaban J connectivity index is 1.53. The van der Waals surface area contributed by atoms with Crippen molar-refractivity contribution in [3.63, 3.8) is 0 Å². The third-order valence-electron chi connectivity index (χ3n) is 4.13. The summed E-state index contributed by atoms with van der Waals surface area (Å²) in [7, 11) is 0. The van der Waals surface area contributed by atoms with Crippen molar-refractivity contribution in [1.29, 1.82) is 0 Å². The summed E-state index contributed by atoms with van der Waals surface area (Å²) < 4.78 is 5.80. The van der Waals surface area contributed by atoms with Gasteiger partial charge in [0.25, 0.3) is 5.91 Å². The molecule has 0 spiro atoms. The molecular formula is C21H24N4O2S. The highest BCUT2D eigenvalue weighted by molar-refractivity contribution is 7.09. The van der Waals surface area contributed by atoms with Crippen molar-refractivity contribution < 1.29 is 9.53 Å².